The molecule has 2 aromatic rings. The first-order valence-electron chi connectivity index (χ1n) is 5.49. The lowest BCUT2D eigenvalue weighted by atomic mass is 10.4. The van der Waals surface area contributed by atoms with Crippen molar-refractivity contribution in [2.45, 2.75) is 13.0 Å². The summed E-state index contributed by atoms with van der Waals surface area (Å²) >= 11 is 5.59. The minimum Gasteiger partial charge on any atom is -0.351 e. The SMILES string of the molecule is O=C(NCCCn1cccn1)c1cnc(Cl)cn1. The number of aromatic nitrogens is 4. The highest BCUT2D eigenvalue weighted by Gasteiger charge is 2.06. The van der Waals surface area contributed by atoms with Crippen LogP contribution in [-0.2, 0) is 6.54 Å². The Balaban J connectivity index is 1.73. The molecule has 0 bridgehead atoms. The van der Waals surface area contributed by atoms with Crippen molar-refractivity contribution in [3.8, 4) is 0 Å². The van der Waals surface area contributed by atoms with Crippen molar-refractivity contribution in [1.82, 2.24) is 25.1 Å². The third kappa shape index (κ3) is 3.53. The molecule has 2 rings (SSSR count). The van der Waals surface area contributed by atoms with Gasteiger partial charge in [-0.1, -0.05) is 11.6 Å². The molecule has 94 valence electrons. The van der Waals surface area contributed by atoms with E-state index in [-0.39, 0.29) is 16.8 Å². The Bertz CT molecular complexity index is 497. The highest BCUT2D eigenvalue weighted by Crippen LogP contribution is 2.01. The Morgan fingerprint density at radius 3 is 2.94 bits per heavy atom. The van der Waals surface area contributed by atoms with E-state index < -0.39 is 0 Å². The van der Waals surface area contributed by atoms with Crippen LogP contribution in [0.5, 0.6) is 0 Å². The van der Waals surface area contributed by atoms with Crippen LogP contribution in [0.2, 0.25) is 5.15 Å². The van der Waals surface area contributed by atoms with E-state index in [1.165, 1.54) is 12.4 Å². The van der Waals surface area contributed by atoms with E-state index in [0.717, 1.165) is 13.0 Å². The van der Waals surface area contributed by atoms with E-state index in [9.17, 15) is 4.79 Å². The quantitative estimate of drug-likeness (QED) is 0.823. The summed E-state index contributed by atoms with van der Waals surface area (Å²) in [6, 6.07) is 1.86. The average molecular weight is 266 g/mol. The van der Waals surface area contributed by atoms with Gasteiger partial charge >= 0.3 is 0 Å². The second kappa shape index (κ2) is 6.11. The first-order chi connectivity index (χ1) is 8.75. The molecule has 0 unspecified atom stereocenters. The van der Waals surface area contributed by atoms with Gasteiger partial charge < -0.3 is 5.32 Å². The third-order valence-electron chi connectivity index (χ3n) is 2.26. The summed E-state index contributed by atoms with van der Waals surface area (Å²) in [5.74, 6) is -0.250. The van der Waals surface area contributed by atoms with Crippen LogP contribution >= 0.6 is 11.6 Å². The van der Waals surface area contributed by atoms with Gasteiger partial charge in [0.05, 0.1) is 12.4 Å². The van der Waals surface area contributed by atoms with Crippen LogP contribution in [0.3, 0.4) is 0 Å². The van der Waals surface area contributed by atoms with Crippen molar-refractivity contribution in [2.24, 2.45) is 0 Å². The van der Waals surface area contributed by atoms with E-state index in [0.29, 0.717) is 6.54 Å². The van der Waals surface area contributed by atoms with Gasteiger partial charge in [0.25, 0.3) is 5.91 Å². The molecule has 1 N–H and O–H groups in total. The third-order valence-corrected chi connectivity index (χ3v) is 2.46. The first-order valence-corrected chi connectivity index (χ1v) is 5.86. The van der Waals surface area contributed by atoms with Gasteiger partial charge in [-0.2, -0.15) is 5.10 Å². The summed E-state index contributed by atoms with van der Waals surface area (Å²) in [5, 5.41) is 7.09. The van der Waals surface area contributed by atoms with Crippen molar-refractivity contribution in [2.75, 3.05) is 6.54 Å². The summed E-state index contributed by atoms with van der Waals surface area (Å²) in [7, 11) is 0. The van der Waals surface area contributed by atoms with Crippen molar-refractivity contribution in [1.29, 1.82) is 0 Å². The number of nitrogens with one attached hydrogen (secondary N) is 1. The molecular weight excluding hydrogens is 254 g/mol. The second-order valence-electron chi connectivity index (χ2n) is 3.60. The second-order valence-corrected chi connectivity index (χ2v) is 3.99. The minimum absolute atomic E-state index is 0.250. The molecule has 0 aliphatic carbocycles. The van der Waals surface area contributed by atoms with Gasteiger partial charge in [0, 0.05) is 25.5 Å². The number of nitrogens with zero attached hydrogens (tertiary/aromatic N) is 4. The number of carbonyl (C=O) groups excluding carboxylic acids is 1. The summed E-state index contributed by atoms with van der Waals surface area (Å²) in [6.45, 7) is 1.32. The Morgan fingerprint density at radius 1 is 1.39 bits per heavy atom. The molecule has 6 nitrogen and oxygen atoms in total. The van der Waals surface area contributed by atoms with Crippen LogP contribution in [0.25, 0.3) is 0 Å². The van der Waals surface area contributed by atoms with Gasteiger partial charge in [-0.3, -0.25) is 9.48 Å². The lowest BCUT2D eigenvalue weighted by Crippen LogP contribution is -2.26. The Morgan fingerprint density at radius 2 is 2.28 bits per heavy atom. The van der Waals surface area contributed by atoms with Crippen molar-refractivity contribution >= 4 is 17.5 Å². The van der Waals surface area contributed by atoms with E-state index in [2.05, 4.69) is 20.4 Å². The number of carbonyl (C=O) groups is 1. The van der Waals surface area contributed by atoms with E-state index >= 15 is 0 Å². The van der Waals surface area contributed by atoms with E-state index in [4.69, 9.17) is 11.6 Å². The standard InChI is InChI=1S/C11H12ClN5O/c12-10-8-14-9(7-15-10)11(18)13-3-1-5-17-6-2-4-16-17/h2,4,6-8H,1,3,5H2,(H,13,18). The number of hydrogen-bond donors (Lipinski definition) is 1. The van der Waals surface area contributed by atoms with Crippen molar-refractivity contribution in [3.63, 3.8) is 0 Å². The van der Waals surface area contributed by atoms with Crippen LogP contribution in [-0.4, -0.2) is 32.2 Å². The Hall–Kier alpha value is -1.95. The summed E-state index contributed by atoms with van der Waals surface area (Å²) in [5.41, 5.74) is 0.262. The molecule has 0 aromatic carbocycles. The molecular formula is C11H12ClN5O. The number of halogens is 1. The maximum atomic E-state index is 11.6. The summed E-state index contributed by atoms with van der Waals surface area (Å²) in [6.07, 6.45) is 7.11. The molecule has 0 aliphatic heterocycles. The maximum absolute atomic E-state index is 11.6. The number of hydrogen-bond acceptors (Lipinski definition) is 4. The monoisotopic (exact) mass is 265 g/mol. The summed E-state index contributed by atoms with van der Waals surface area (Å²) in [4.78, 5) is 19.3. The van der Waals surface area contributed by atoms with Crippen LogP contribution in [0.1, 0.15) is 16.9 Å². The highest BCUT2D eigenvalue weighted by atomic mass is 35.5. The molecule has 0 atom stereocenters. The van der Waals surface area contributed by atoms with Crippen LogP contribution in [0.15, 0.2) is 30.9 Å². The molecule has 2 aromatic heterocycles. The number of rotatable bonds is 5. The molecule has 0 radical (unpaired) electrons. The van der Waals surface area contributed by atoms with E-state index in [1.54, 1.807) is 6.20 Å². The topological polar surface area (TPSA) is 72.7 Å². The van der Waals surface area contributed by atoms with Crippen molar-refractivity contribution in [3.05, 3.63) is 41.7 Å². The molecule has 0 saturated heterocycles. The molecule has 18 heavy (non-hydrogen) atoms. The zero-order chi connectivity index (χ0) is 12.8. The molecule has 0 fully saturated rings. The number of aryl methyl sites for hydroxylation is 1. The fraction of sp³-hybridized carbons (Fsp3) is 0.273. The van der Waals surface area contributed by atoms with Crippen LogP contribution in [0, 0.1) is 0 Å². The van der Waals surface area contributed by atoms with Gasteiger partial charge in [0.1, 0.15) is 10.8 Å². The fourth-order valence-electron chi connectivity index (χ4n) is 1.40. The number of amides is 1. The molecule has 0 saturated carbocycles. The van der Waals surface area contributed by atoms with Gasteiger partial charge in [-0.25, -0.2) is 9.97 Å². The maximum Gasteiger partial charge on any atom is 0.271 e. The minimum atomic E-state index is -0.250. The molecule has 7 heteroatoms. The normalized spacial score (nSPS) is 10.3. The summed E-state index contributed by atoms with van der Waals surface area (Å²) < 4.78 is 1.81. The lowest BCUT2D eigenvalue weighted by molar-refractivity contribution is 0.0947. The van der Waals surface area contributed by atoms with Gasteiger partial charge in [-0.15, -0.1) is 0 Å². The van der Waals surface area contributed by atoms with Crippen LogP contribution in [0.4, 0.5) is 0 Å². The van der Waals surface area contributed by atoms with Gasteiger partial charge in [0.2, 0.25) is 0 Å². The molecule has 1 amide bonds. The smallest absolute Gasteiger partial charge is 0.271 e. The predicted molar refractivity (Wildman–Crippen MR) is 66.2 cm³/mol. The first kappa shape index (κ1) is 12.5. The lowest BCUT2D eigenvalue weighted by Gasteiger charge is -2.04. The van der Waals surface area contributed by atoms with Crippen LogP contribution < -0.4 is 5.32 Å². The molecule has 0 spiro atoms. The zero-order valence-electron chi connectivity index (χ0n) is 9.58. The predicted octanol–water partition coefficient (Wildman–Crippen LogP) is 1.15. The fourth-order valence-corrected chi connectivity index (χ4v) is 1.49. The average Bonchev–Trinajstić information content (AvgIpc) is 2.88. The molecule has 2 heterocycles. The Labute approximate surface area is 109 Å². The molecule has 0 aliphatic rings. The van der Waals surface area contributed by atoms with E-state index in [1.807, 2.05) is 16.9 Å². The largest absolute Gasteiger partial charge is 0.351 e. The highest BCUT2D eigenvalue weighted by molar-refractivity contribution is 6.29. The Kier molecular flexibility index (Phi) is 4.25. The van der Waals surface area contributed by atoms with Crippen molar-refractivity contribution < 1.29 is 4.79 Å². The zero-order valence-corrected chi connectivity index (χ0v) is 10.3. The van der Waals surface area contributed by atoms with Gasteiger partial charge in [0.15, 0.2) is 0 Å². The van der Waals surface area contributed by atoms with Gasteiger partial charge in [-0.05, 0) is 12.5 Å².